The van der Waals surface area contributed by atoms with Crippen LogP contribution in [0.25, 0.3) is 5.69 Å². The third-order valence-electron chi connectivity index (χ3n) is 8.32. The van der Waals surface area contributed by atoms with Crippen LogP contribution in [0.2, 0.25) is 0 Å². The van der Waals surface area contributed by atoms with Gasteiger partial charge in [-0.15, -0.1) is 0 Å². The van der Waals surface area contributed by atoms with Gasteiger partial charge in [0, 0.05) is 44.0 Å². The molecular weight excluding hydrogens is 546 g/mol. The molecule has 0 spiro atoms. The highest BCUT2D eigenvalue weighted by molar-refractivity contribution is 6.12. The van der Waals surface area contributed by atoms with Gasteiger partial charge in [-0.2, -0.15) is 5.10 Å². The Hall–Kier alpha value is -3.79. The molecule has 10 heteroatoms. The van der Waals surface area contributed by atoms with Crippen LogP contribution in [0.15, 0.2) is 30.4 Å². The topological polar surface area (TPSA) is 137 Å². The van der Waals surface area contributed by atoms with Crippen molar-refractivity contribution in [1.29, 1.82) is 0 Å². The summed E-state index contributed by atoms with van der Waals surface area (Å²) in [4.78, 5) is 50.0. The molecule has 43 heavy (non-hydrogen) atoms. The second kappa shape index (κ2) is 12.1. The third kappa shape index (κ3) is 7.60. The quantitative estimate of drug-likeness (QED) is 0.320. The van der Waals surface area contributed by atoms with Crippen LogP contribution in [0.4, 0.5) is 5.69 Å². The number of carbonyl (C=O) groups excluding carboxylic acids is 4. The lowest BCUT2D eigenvalue weighted by atomic mass is 9.75. The first-order valence-electron chi connectivity index (χ1n) is 15.0. The molecule has 2 heterocycles. The van der Waals surface area contributed by atoms with Gasteiger partial charge in [0.2, 0.25) is 0 Å². The molecule has 2 aromatic rings. The number of imide groups is 1. The van der Waals surface area contributed by atoms with Crippen LogP contribution in [-0.2, 0) is 20.7 Å². The van der Waals surface area contributed by atoms with Gasteiger partial charge in [-0.3, -0.25) is 24.1 Å². The van der Waals surface area contributed by atoms with Gasteiger partial charge in [-0.25, -0.2) is 4.68 Å². The van der Waals surface area contributed by atoms with Crippen molar-refractivity contribution in [3.8, 4) is 5.69 Å². The maximum absolute atomic E-state index is 12.9. The number of carbonyl (C=O) groups is 4. The molecule has 232 valence electrons. The Morgan fingerprint density at radius 2 is 1.74 bits per heavy atom. The van der Waals surface area contributed by atoms with Crippen LogP contribution < -0.4 is 11.1 Å². The number of ether oxygens (including phenoxy) is 1. The molecule has 0 bridgehead atoms. The van der Waals surface area contributed by atoms with Crippen LogP contribution in [0.3, 0.4) is 0 Å². The molecule has 1 aromatic heterocycles. The molecule has 0 radical (unpaired) electrons. The Labute approximate surface area is 254 Å². The number of amides is 3. The van der Waals surface area contributed by atoms with E-state index in [1.165, 1.54) is 17.1 Å². The number of benzene rings is 1. The Bertz CT molecular complexity index is 1450. The van der Waals surface area contributed by atoms with E-state index in [1.807, 2.05) is 37.6 Å². The smallest absolute Gasteiger partial charge is 0.253 e. The zero-order valence-corrected chi connectivity index (χ0v) is 26.5. The fourth-order valence-corrected chi connectivity index (χ4v) is 5.79. The third-order valence-corrected chi connectivity index (χ3v) is 8.32. The Balaban J connectivity index is 1.39. The number of nitrogens with zero attached hydrogens (tertiary/aromatic N) is 3. The lowest BCUT2D eigenvalue weighted by Gasteiger charge is -2.30. The Morgan fingerprint density at radius 1 is 1.07 bits per heavy atom. The van der Waals surface area contributed by atoms with E-state index in [-0.39, 0.29) is 28.4 Å². The van der Waals surface area contributed by atoms with Crippen LogP contribution in [0.1, 0.15) is 99.3 Å². The fraction of sp³-hybridized carbons (Fsp3) is 0.545. The van der Waals surface area contributed by atoms with Crippen LogP contribution >= 0.6 is 0 Å². The summed E-state index contributed by atoms with van der Waals surface area (Å²) >= 11 is 0. The van der Waals surface area contributed by atoms with Crippen molar-refractivity contribution in [1.82, 2.24) is 14.7 Å². The van der Waals surface area contributed by atoms with Crippen molar-refractivity contribution in [2.75, 3.05) is 25.0 Å². The number of aryl methyl sites for hydroxylation is 1. The van der Waals surface area contributed by atoms with E-state index in [9.17, 15) is 19.2 Å². The van der Waals surface area contributed by atoms with E-state index in [0.29, 0.717) is 61.5 Å². The largest absolute Gasteiger partial charge is 0.384 e. The number of hydrogen-bond acceptors (Lipinski definition) is 7. The van der Waals surface area contributed by atoms with Gasteiger partial charge in [0.15, 0.2) is 5.78 Å². The normalized spacial score (nSPS) is 16.6. The molecule has 0 fully saturated rings. The van der Waals surface area contributed by atoms with Crippen molar-refractivity contribution in [3.05, 3.63) is 52.9 Å². The molecule has 0 saturated heterocycles. The number of nitrogens with two attached hydrogens (primary N) is 1. The molecule has 3 N–H and O–H groups in total. The molecule has 4 rings (SSSR count). The second-order valence-corrected chi connectivity index (χ2v) is 14.0. The molecule has 0 atom stereocenters. The van der Waals surface area contributed by atoms with Crippen molar-refractivity contribution in [2.24, 2.45) is 16.6 Å². The molecule has 0 unspecified atom stereocenters. The van der Waals surface area contributed by atoms with Gasteiger partial charge in [0.25, 0.3) is 17.7 Å². The van der Waals surface area contributed by atoms with Crippen molar-refractivity contribution in [3.63, 3.8) is 0 Å². The highest BCUT2D eigenvalue weighted by Crippen LogP contribution is 2.37. The number of fused-ring (bicyclic) bond motifs is 1. The van der Waals surface area contributed by atoms with Gasteiger partial charge in [0.05, 0.1) is 33.8 Å². The highest BCUT2D eigenvalue weighted by atomic mass is 16.5. The summed E-state index contributed by atoms with van der Waals surface area (Å²) in [5.74, 6) is -0.939. The molecule has 2 aliphatic rings. The average molecular weight is 592 g/mol. The van der Waals surface area contributed by atoms with E-state index in [1.54, 1.807) is 6.07 Å². The van der Waals surface area contributed by atoms with Gasteiger partial charge in [-0.1, -0.05) is 27.7 Å². The minimum atomic E-state index is -0.528. The van der Waals surface area contributed by atoms with Gasteiger partial charge < -0.3 is 15.8 Å². The minimum Gasteiger partial charge on any atom is -0.384 e. The molecule has 10 nitrogen and oxygen atoms in total. The summed E-state index contributed by atoms with van der Waals surface area (Å²) in [5.41, 5.74) is 9.04. The zero-order chi connectivity index (χ0) is 31.7. The highest BCUT2D eigenvalue weighted by Gasteiger charge is 2.36. The number of primary amides is 1. The van der Waals surface area contributed by atoms with E-state index in [4.69, 9.17) is 15.6 Å². The fourth-order valence-electron chi connectivity index (χ4n) is 5.79. The molecule has 3 amide bonds. The monoisotopic (exact) mass is 591 g/mol. The predicted molar refractivity (Wildman–Crippen MR) is 165 cm³/mol. The maximum Gasteiger partial charge on any atom is 0.253 e. The number of aromatic nitrogens is 2. The summed E-state index contributed by atoms with van der Waals surface area (Å²) in [6.45, 7) is 15.8. The second-order valence-electron chi connectivity index (χ2n) is 14.0. The number of nitrogens with one attached hydrogen (secondary N) is 1. The maximum atomic E-state index is 12.9. The molecular formula is C33H45N5O5. The van der Waals surface area contributed by atoms with E-state index < -0.39 is 11.5 Å². The summed E-state index contributed by atoms with van der Waals surface area (Å²) in [5, 5.41) is 8.15. The number of hydrogen-bond donors (Lipinski definition) is 2. The first kappa shape index (κ1) is 32.1. The molecule has 1 aliphatic carbocycles. The minimum absolute atomic E-state index is 0.114. The molecule has 0 saturated carbocycles. The first-order chi connectivity index (χ1) is 20.0. The van der Waals surface area contributed by atoms with Gasteiger partial charge >= 0.3 is 0 Å². The number of rotatable bonds is 13. The number of Topliss-reactive ketones (excluding diaryl/α,β-unsaturated/α-hetero) is 1. The standard InChI is InChI=1S/C33H45N5O5/c1-21-29-25(18-32(4,5)19-26(29)39)38(36-21)22-9-10-23(30(34)42)24(17-22)35-20-31(2,3)14-16-43-33(6,7)13-8-15-37-27(40)11-12-28(37)41/h9-12,17,35H,8,13-16,18-20H2,1-7H3,(H2,34,42). The van der Waals surface area contributed by atoms with E-state index in [0.717, 1.165) is 24.2 Å². The van der Waals surface area contributed by atoms with Crippen LogP contribution in [-0.4, -0.2) is 63.5 Å². The summed E-state index contributed by atoms with van der Waals surface area (Å²) < 4.78 is 8.04. The van der Waals surface area contributed by atoms with Gasteiger partial charge in [-0.05, 0) is 75.5 Å². The Kier molecular flexibility index (Phi) is 9.02. The SMILES string of the molecule is Cc1nn(-c2ccc(C(N)=O)c(NCC(C)(C)CCOC(C)(C)CCCN3C(=O)C=CC3=O)c2)c2c1C(=O)CC(C)(C)C2. The van der Waals surface area contributed by atoms with Crippen molar-refractivity contribution < 1.29 is 23.9 Å². The summed E-state index contributed by atoms with van der Waals surface area (Å²) in [6.07, 6.45) is 5.95. The van der Waals surface area contributed by atoms with Crippen molar-refractivity contribution in [2.45, 2.75) is 86.2 Å². The average Bonchev–Trinajstić information content (AvgIpc) is 3.39. The zero-order valence-electron chi connectivity index (χ0n) is 26.5. The van der Waals surface area contributed by atoms with Crippen LogP contribution in [0.5, 0.6) is 0 Å². The number of anilines is 1. The van der Waals surface area contributed by atoms with Crippen molar-refractivity contribution >= 4 is 29.2 Å². The van der Waals surface area contributed by atoms with E-state index >= 15 is 0 Å². The summed E-state index contributed by atoms with van der Waals surface area (Å²) in [6, 6.07) is 5.40. The molecule has 1 aliphatic heterocycles. The van der Waals surface area contributed by atoms with E-state index in [2.05, 4.69) is 33.0 Å². The predicted octanol–water partition coefficient (Wildman–Crippen LogP) is 4.76. The Morgan fingerprint density at radius 3 is 2.40 bits per heavy atom. The summed E-state index contributed by atoms with van der Waals surface area (Å²) in [7, 11) is 0. The first-order valence-corrected chi connectivity index (χ1v) is 15.0. The lowest BCUT2D eigenvalue weighted by Crippen LogP contribution is -2.33. The van der Waals surface area contributed by atoms with Gasteiger partial charge in [0.1, 0.15) is 0 Å². The van der Waals surface area contributed by atoms with Crippen LogP contribution in [0, 0.1) is 17.8 Å². The number of ketones is 1. The lowest BCUT2D eigenvalue weighted by molar-refractivity contribution is -0.137. The molecule has 1 aromatic carbocycles.